The van der Waals surface area contributed by atoms with Crippen molar-refractivity contribution in [2.24, 2.45) is 0 Å². The van der Waals surface area contributed by atoms with Crippen molar-refractivity contribution in [3.63, 3.8) is 0 Å². The second kappa shape index (κ2) is 8.82. The highest BCUT2D eigenvalue weighted by Crippen LogP contribution is 2.08. The SMILES string of the molecule is CCCCCNc1ccc(NC(=O)Cc2ccc(F)cc2)nn1. The molecule has 0 unspecified atom stereocenters. The molecule has 0 aliphatic carbocycles. The van der Waals surface area contributed by atoms with E-state index in [1.807, 2.05) is 0 Å². The minimum Gasteiger partial charge on any atom is -0.369 e. The van der Waals surface area contributed by atoms with Crippen LogP contribution in [0.15, 0.2) is 36.4 Å². The van der Waals surface area contributed by atoms with Crippen molar-refractivity contribution in [3.05, 3.63) is 47.8 Å². The molecule has 0 atom stereocenters. The summed E-state index contributed by atoms with van der Waals surface area (Å²) in [5.74, 6) is 0.561. The molecule has 0 bridgehead atoms. The first-order valence-corrected chi connectivity index (χ1v) is 7.79. The number of carbonyl (C=O) groups excluding carboxylic acids is 1. The highest BCUT2D eigenvalue weighted by molar-refractivity contribution is 5.91. The molecule has 0 saturated carbocycles. The zero-order valence-electron chi connectivity index (χ0n) is 13.2. The van der Waals surface area contributed by atoms with Crippen LogP contribution in [0, 0.1) is 5.82 Å². The molecule has 2 rings (SSSR count). The molecule has 1 aromatic carbocycles. The zero-order chi connectivity index (χ0) is 16.5. The number of nitrogens with one attached hydrogen (secondary N) is 2. The van der Waals surface area contributed by atoms with E-state index in [2.05, 4.69) is 27.8 Å². The number of carbonyl (C=O) groups is 1. The lowest BCUT2D eigenvalue weighted by atomic mass is 10.1. The van der Waals surface area contributed by atoms with Crippen LogP contribution in [0.2, 0.25) is 0 Å². The highest BCUT2D eigenvalue weighted by Gasteiger charge is 2.06. The molecule has 0 radical (unpaired) electrons. The standard InChI is InChI=1S/C17H21FN4O/c1-2-3-4-11-19-15-9-10-16(22-21-15)20-17(23)12-13-5-7-14(18)8-6-13/h5-10H,2-4,11-12H2,1H3,(H,19,21)(H,20,22,23). The molecule has 0 fully saturated rings. The lowest BCUT2D eigenvalue weighted by Crippen LogP contribution is -2.16. The number of hydrogen-bond acceptors (Lipinski definition) is 4. The molecule has 2 N–H and O–H groups in total. The maximum absolute atomic E-state index is 12.8. The molecular weight excluding hydrogens is 295 g/mol. The van der Waals surface area contributed by atoms with Gasteiger partial charge < -0.3 is 10.6 Å². The molecule has 1 aromatic heterocycles. The van der Waals surface area contributed by atoms with Gasteiger partial charge in [-0.2, -0.15) is 0 Å². The van der Waals surface area contributed by atoms with Crippen LogP contribution in [0.4, 0.5) is 16.0 Å². The lowest BCUT2D eigenvalue weighted by Gasteiger charge is -2.06. The fraction of sp³-hybridized carbons (Fsp3) is 0.353. The van der Waals surface area contributed by atoms with E-state index in [4.69, 9.17) is 0 Å². The number of hydrogen-bond donors (Lipinski definition) is 2. The molecule has 0 aliphatic heterocycles. The van der Waals surface area contributed by atoms with Gasteiger partial charge in [0.2, 0.25) is 5.91 Å². The molecule has 1 amide bonds. The number of benzene rings is 1. The molecule has 0 spiro atoms. The lowest BCUT2D eigenvalue weighted by molar-refractivity contribution is -0.115. The van der Waals surface area contributed by atoms with Gasteiger partial charge in [0.05, 0.1) is 6.42 Å². The van der Waals surface area contributed by atoms with E-state index in [0.29, 0.717) is 11.6 Å². The number of anilines is 2. The Kier molecular flexibility index (Phi) is 6.47. The van der Waals surface area contributed by atoms with Gasteiger partial charge >= 0.3 is 0 Å². The fourth-order valence-electron chi connectivity index (χ4n) is 2.06. The highest BCUT2D eigenvalue weighted by atomic mass is 19.1. The second-order valence-corrected chi connectivity index (χ2v) is 5.29. The van der Waals surface area contributed by atoms with Crippen LogP contribution in [-0.4, -0.2) is 22.6 Å². The predicted octanol–water partition coefficient (Wildman–Crippen LogP) is 3.40. The van der Waals surface area contributed by atoms with Gasteiger partial charge in [0.25, 0.3) is 0 Å². The van der Waals surface area contributed by atoms with Crippen LogP contribution in [0.25, 0.3) is 0 Å². The molecule has 2 aromatic rings. The quantitative estimate of drug-likeness (QED) is 0.733. The van der Waals surface area contributed by atoms with Crippen LogP contribution >= 0.6 is 0 Å². The number of rotatable bonds is 8. The summed E-state index contributed by atoms with van der Waals surface area (Å²) in [4.78, 5) is 11.9. The second-order valence-electron chi connectivity index (χ2n) is 5.29. The van der Waals surface area contributed by atoms with Crippen LogP contribution in [0.5, 0.6) is 0 Å². The Hall–Kier alpha value is -2.50. The summed E-state index contributed by atoms with van der Waals surface area (Å²) in [6.45, 7) is 3.02. The van der Waals surface area contributed by atoms with E-state index in [-0.39, 0.29) is 18.1 Å². The Morgan fingerprint density at radius 2 is 1.74 bits per heavy atom. The Bertz CT molecular complexity index is 613. The van der Waals surface area contributed by atoms with Crippen molar-refractivity contribution >= 4 is 17.5 Å². The molecule has 0 saturated heterocycles. The molecule has 122 valence electrons. The third-order valence-electron chi connectivity index (χ3n) is 3.30. The van der Waals surface area contributed by atoms with Crippen LogP contribution in [-0.2, 0) is 11.2 Å². The van der Waals surface area contributed by atoms with Gasteiger partial charge in [-0.1, -0.05) is 31.9 Å². The fourth-order valence-corrected chi connectivity index (χ4v) is 2.06. The predicted molar refractivity (Wildman–Crippen MR) is 88.8 cm³/mol. The van der Waals surface area contributed by atoms with Crippen molar-refractivity contribution < 1.29 is 9.18 Å². The van der Waals surface area contributed by atoms with Gasteiger partial charge in [-0.05, 0) is 36.2 Å². The molecule has 0 aliphatic rings. The Morgan fingerprint density at radius 1 is 1.04 bits per heavy atom. The van der Waals surface area contributed by atoms with E-state index < -0.39 is 0 Å². The minimum absolute atomic E-state index is 0.166. The Labute approximate surface area is 135 Å². The van der Waals surface area contributed by atoms with Gasteiger partial charge in [-0.15, -0.1) is 10.2 Å². The van der Waals surface area contributed by atoms with E-state index in [9.17, 15) is 9.18 Å². The van der Waals surface area contributed by atoms with Crippen molar-refractivity contribution in [2.75, 3.05) is 17.2 Å². The maximum Gasteiger partial charge on any atom is 0.229 e. The number of nitrogens with zero attached hydrogens (tertiary/aromatic N) is 2. The third-order valence-corrected chi connectivity index (χ3v) is 3.30. The van der Waals surface area contributed by atoms with Crippen LogP contribution in [0.1, 0.15) is 31.7 Å². The number of amides is 1. The first-order valence-electron chi connectivity index (χ1n) is 7.79. The van der Waals surface area contributed by atoms with E-state index in [1.165, 1.54) is 25.0 Å². The summed E-state index contributed by atoms with van der Waals surface area (Å²) >= 11 is 0. The Balaban J connectivity index is 1.80. The molecular formula is C17H21FN4O. The van der Waals surface area contributed by atoms with Gasteiger partial charge in [0, 0.05) is 6.54 Å². The maximum atomic E-state index is 12.8. The first kappa shape index (κ1) is 16.9. The summed E-state index contributed by atoms with van der Waals surface area (Å²) < 4.78 is 12.8. The summed E-state index contributed by atoms with van der Waals surface area (Å²) in [5.41, 5.74) is 0.742. The number of aromatic nitrogens is 2. The van der Waals surface area contributed by atoms with Crippen molar-refractivity contribution in [1.82, 2.24) is 10.2 Å². The zero-order valence-corrected chi connectivity index (χ0v) is 13.2. The third kappa shape index (κ3) is 6.02. The molecule has 23 heavy (non-hydrogen) atoms. The van der Waals surface area contributed by atoms with E-state index in [1.54, 1.807) is 24.3 Å². The largest absolute Gasteiger partial charge is 0.369 e. The Morgan fingerprint density at radius 3 is 2.39 bits per heavy atom. The van der Waals surface area contributed by atoms with Crippen molar-refractivity contribution in [3.8, 4) is 0 Å². The average Bonchev–Trinajstić information content (AvgIpc) is 2.55. The van der Waals surface area contributed by atoms with Crippen LogP contribution < -0.4 is 10.6 Å². The summed E-state index contributed by atoms with van der Waals surface area (Å²) in [6.07, 6.45) is 3.61. The van der Waals surface area contributed by atoms with Crippen molar-refractivity contribution in [2.45, 2.75) is 32.6 Å². The van der Waals surface area contributed by atoms with Gasteiger partial charge in [-0.3, -0.25) is 4.79 Å². The molecule has 1 heterocycles. The molecule has 5 nitrogen and oxygen atoms in total. The monoisotopic (exact) mass is 316 g/mol. The smallest absolute Gasteiger partial charge is 0.229 e. The van der Waals surface area contributed by atoms with Crippen LogP contribution in [0.3, 0.4) is 0 Å². The first-order chi connectivity index (χ1) is 11.2. The van der Waals surface area contributed by atoms with E-state index in [0.717, 1.165) is 18.5 Å². The topological polar surface area (TPSA) is 66.9 Å². The normalized spacial score (nSPS) is 10.3. The summed E-state index contributed by atoms with van der Waals surface area (Å²) in [5, 5.41) is 13.8. The summed E-state index contributed by atoms with van der Waals surface area (Å²) in [7, 11) is 0. The van der Waals surface area contributed by atoms with Gasteiger partial charge in [0.15, 0.2) is 5.82 Å². The summed E-state index contributed by atoms with van der Waals surface area (Å²) in [6, 6.07) is 9.33. The minimum atomic E-state index is -0.318. The van der Waals surface area contributed by atoms with Crippen molar-refractivity contribution in [1.29, 1.82) is 0 Å². The van der Waals surface area contributed by atoms with Gasteiger partial charge in [0.1, 0.15) is 11.6 Å². The van der Waals surface area contributed by atoms with Gasteiger partial charge in [-0.25, -0.2) is 4.39 Å². The average molecular weight is 316 g/mol. The number of unbranched alkanes of at least 4 members (excludes halogenated alkanes) is 2. The number of halogens is 1. The van der Waals surface area contributed by atoms with E-state index >= 15 is 0 Å². The molecule has 6 heteroatoms.